The van der Waals surface area contributed by atoms with E-state index in [-0.39, 0.29) is 12.6 Å². The van der Waals surface area contributed by atoms with Crippen molar-refractivity contribution in [2.45, 2.75) is 45.7 Å². The molecular weight excluding hydrogens is 306 g/mol. The molecule has 2 rings (SSSR count). The Balaban J connectivity index is 1.90. The zero-order valence-corrected chi connectivity index (χ0v) is 14.4. The summed E-state index contributed by atoms with van der Waals surface area (Å²) in [4.78, 5) is 20.6. The van der Waals surface area contributed by atoms with Gasteiger partial charge in [-0.05, 0) is 31.9 Å². The normalized spacial score (nSPS) is 13.3. The highest BCUT2D eigenvalue weighted by Crippen LogP contribution is 2.11. The van der Waals surface area contributed by atoms with Gasteiger partial charge in [-0.1, -0.05) is 19.4 Å². The van der Waals surface area contributed by atoms with E-state index in [2.05, 4.69) is 20.6 Å². The minimum absolute atomic E-state index is 0.0885. The van der Waals surface area contributed by atoms with E-state index in [1.807, 2.05) is 43.7 Å². The molecule has 7 nitrogen and oxygen atoms in total. The van der Waals surface area contributed by atoms with Gasteiger partial charge in [0.2, 0.25) is 0 Å². The van der Waals surface area contributed by atoms with Crippen molar-refractivity contribution in [3.8, 4) is 5.82 Å². The molecule has 130 valence electrons. The number of carbonyl (C=O) groups is 1. The number of imidazole rings is 1. The maximum Gasteiger partial charge on any atom is 0.315 e. The molecule has 0 aliphatic rings. The molecule has 0 aromatic carbocycles. The lowest BCUT2D eigenvalue weighted by Gasteiger charge is -2.28. The van der Waals surface area contributed by atoms with E-state index in [4.69, 9.17) is 0 Å². The topological polar surface area (TPSA) is 92.1 Å². The monoisotopic (exact) mass is 331 g/mol. The molecule has 0 radical (unpaired) electrons. The van der Waals surface area contributed by atoms with Gasteiger partial charge < -0.3 is 15.7 Å². The molecule has 2 aromatic rings. The Bertz CT molecular complexity index is 668. The van der Waals surface area contributed by atoms with Crippen LogP contribution in [-0.4, -0.2) is 37.8 Å². The van der Waals surface area contributed by atoms with Gasteiger partial charge in [0, 0.05) is 25.1 Å². The number of aliphatic hydroxyl groups is 1. The summed E-state index contributed by atoms with van der Waals surface area (Å²) in [7, 11) is 0. The van der Waals surface area contributed by atoms with Crippen LogP contribution in [0.5, 0.6) is 0 Å². The molecule has 7 heteroatoms. The largest absolute Gasteiger partial charge is 0.394 e. The van der Waals surface area contributed by atoms with Crippen LogP contribution in [0.4, 0.5) is 4.79 Å². The van der Waals surface area contributed by atoms with E-state index in [0.29, 0.717) is 6.54 Å². The molecule has 3 N–H and O–H groups in total. The molecule has 0 aliphatic heterocycles. The summed E-state index contributed by atoms with van der Waals surface area (Å²) >= 11 is 0. The number of urea groups is 1. The lowest BCUT2D eigenvalue weighted by molar-refractivity contribution is 0.163. The third-order valence-electron chi connectivity index (χ3n) is 3.90. The highest BCUT2D eigenvalue weighted by Gasteiger charge is 2.24. The average Bonchev–Trinajstić information content (AvgIpc) is 3.00. The molecule has 0 fully saturated rings. The van der Waals surface area contributed by atoms with E-state index in [0.717, 1.165) is 30.0 Å². The number of pyridine rings is 1. The van der Waals surface area contributed by atoms with E-state index >= 15 is 0 Å². The number of nitrogens with one attached hydrogen (secondary N) is 2. The van der Waals surface area contributed by atoms with Crippen LogP contribution < -0.4 is 10.6 Å². The van der Waals surface area contributed by atoms with Gasteiger partial charge in [0.25, 0.3) is 0 Å². The van der Waals surface area contributed by atoms with Crippen LogP contribution in [0.25, 0.3) is 5.82 Å². The van der Waals surface area contributed by atoms with E-state index < -0.39 is 5.54 Å². The molecule has 0 bridgehead atoms. The van der Waals surface area contributed by atoms with Crippen molar-refractivity contribution >= 4 is 6.03 Å². The van der Waals surface area contributed by atoms with Crippen LogP contribution in [-0.2, 0) is 6.54 Å². The number of hydrogen-bond acceptors (Lipinski definition) is 4. The smallest absolute Gasteiger partial charge is 0.315 e. The van der Waals surface area contributed by atoms with Crippen LogP contribution in [0.2, 0.25) is 0 Å². The predicted molar refractivity (Wildman–Crippen MR) is 91.9 cm³/mol. The van der Waals surface area contributed by atoms with Crippen molar-refractivity contribution < 1.29 is 9.90 Å². The summed E-state index contributed by atoms with van der Waals surface area (Å²) in [5.74, 6) is 1.65. The Labute approximate surface area is 142 Å². The van der Waals surface area contributed by atoms with Gasteiger partial charge in [-0.3, -0.25) is 4.57 Å². The number of hydrogen-bond donors (Lipinski definition) is 3. The third kappa shape index (κ3) is 4.55. The van der Waals surface area contributed by atoms with Crippen molar-refractivity contribution in [2.24, 2.45) is 0 Å². The molecule has 0 spiro atoms. The predicted octanol–water partition coefficient (Wildman–Crippen LogP) is 1.93. The molecular formula is C17H25N5O2. The fraction of sp³-hybridized carbons (Fsp3) is 0.471. The van der Waals surface area contributed by atoms with Crippen molar-refractivity contribution in [3.05, 3.63) is 42.1 Å². The van der Waals surface area contributed by atoms with Gasteiger partial charge in [0.05, 0.1) is 12.1 Å². The first-order chi connectivity index (χ1) is 11.5. The third-order valence-corrected chi connectivity index (χ3v) is 3.90. The van der Waals surface area contributed by atoms with Gasteiger partial charge in [-0.2, -0.15) is 0 Å². The van der Waals surface area contributed by atoms with Crippen molar-refractivity contribution in [1.29, 1.82) is 0 Å². The summed E-state index contributed by atoms with van der Waals surface area (Å²) in [6.07, 6.45) is 6.91. The minimum atomic E-state index is -0.597. The number of rotatable bonds is 7. The van der Waals surface area contributed by atoms with Crippen molar-refractivity contribution in [2.75, 3.05) is 6.61 Å². The van der Waals surface area contributed by atoms with Crippen LogP contribution in [0.1, 0.15) is 38.1 Å². The number of nitrogens with zero attached hydrogens (tertiary/aromatic N) is 3. The lowest BCUT2D eigenvalue weighted by Crippen LogP contribution is -2.52. The molecule has 0 aliphatic carbocycles. The second-order valence-electron chi connectivity index (χ2n) is 6.15. The molecule has 1 unspecified atom stereocenters. The number of aliphatic hydroxyl groups excluding tert-OH is 1. The second kappa shape index (κ2) is 7.92. The zero-order chi connectivity index (χ0) is 17.6. The number of aromatic nitrogens is 3. The van der Waals surface area contributed by atoms with Crippen molar-refractivity contribution in [3.63, 3.8) is 0 Å². The first-order valence-electron chi connectivity index (χ1n) is 8.09. The molecule has 0 saturated carbocycles. The highest BCUT2D eigenvalue weighted by atomic mass is 16.3. The molecule has 24 heavy (non-hydrogen) atoms. The number of carbonyl (C=O) groups excluding carboxylic acids is 1. The lowest BCUT2D eigenvalue weighted by atomic mass is 9.98. The standard InChI is InChI=1S/C17H25N5O2/c1-4-7-17(3,12-23)21-16(24)20-11-14-5-6-15(19-10-14)22-9-8-18-13(22)2/h5-6,8-10,23H,4,7,11-12H2,1-3H3,(H2,20,21,24). The van der Waals surface area contributed by atoms with Gasteiger partial charge in [-0.15, -0.1) is 0 Å². The van der Waals surface area contributed by atoms with Gasteiger partial charge in [-0.25, -0.2) is 14.8 Å². The summed E-state index contributed by atoms with van der Waals surface area (Å²) < 4.78 is 1.89. The Hall–Kier alpha value is -2.41. The fourth-order valence-electron chi connectivity index (χ4n) is 2.52. The summed E-state index contributed by atoms with van der Waals surface area (Å²) in [6, 6.07) is 3.51. The number of amides is 2. The van der Waals surface area contributed by atoms with Gasteiger partial charge in [0.1, 0.15) is 11.6 Å². The molecule has 0 saturated heterocycles. The summed E-state index contributed by atoms with van der Waals surface area (Å²) in [6.45, 7) is 6.04. The molecule has 2 amide bonds. The van der Waals surface area contributed by atoms with Crippen LogP contribution in [0.3, 0.4) is 0 Å². The quantitative estimate of drug-likeness (QED) is 0.723. The second-order valence-corrected chi connectivity index (χ2v) is 6.15. The molecule has 2 aromatic heterocycles. The van der Waals surface area contributed by atoms with Crippen molar-refractivity contribution in [1.82, 2.24) is 25.2 Å². The van der Waals surface area contributed by atoms with Crippen LogP contribution >= 0.6 is 0 Å². The van der Waals surface area contributed by atoms with E-state index in [1.54, 1.807) is 12.4 Å². The maximum absolute atomic E-state index is 12.0. The minimum Gasteiger partial charge on any atom is -0.394 e. The zero-order valence-electron chi connectivity index (χ0n) is 14.4. The Morgan fingerprint density at radius 3 is 2.71 bits per heavy atom. The Morgan fingerprint density at radius 2 is 2.17 bits per heavy atom. The molecule has 2 heterocycles. The highest BCUT2D eigenvalue weighted by molar-refractivity contribution is 5.74. The van der Waals surface area contributed by atoms with E-state index in [1.165, 1.54) is 0 Å². The fourth-order valence-corrected chi connectivity index (χ4v) is 2.52. The number of aryl methyl sites for hydroxylation is 1. The Morgan fingerprint density at radius 1 is 1.38 bits per heavy atom. The van der Waals surface area contributed by atoms with Gasteiger partial charge in [0.15, 0.2) is 0 Å². The average molecular weight is 331 g/mol. The van der Waals surface area contributed by atoms with E-state index in [9.17, 15) is 9.90 Å². The summed E-state index contributed by atoms with van der Waals surface area (Å²) in [5, 5.41) is 15.0. The molecule has 1 atom stereocenters. The summed E-state index contributed by atoms with van der Waals surface area (Å²) in [5.41, 5.74) is 0.299. The first-order valence-corrected chi connectivity index (χ1v) is 8.09. The van der Waals surface area contributed by atoms with Gasteiger partial charge >= 0.3 is 6.03 Å². The van der Waals surface area contributed by atoms with Crippen LogP contribution in [0, 0.1) is 6.92 Å². The first kappa shape index (κ1) is 17.9. The Kier molecular flexibility index (Phi) is 5.92. The van der Waals surface area contributed by atoms with Crippen LogP contribution in [0.15, 0.2) is 30.7 Å². The maximum atomic E-state index is 12.0. The SMILES string of the molecule is CCCC(C)(CO)NC(=O)NCc1ccc(-n2ccnc2C)nc1.